The molecule has 0 radical (unpaired) electrons. The maximum absolute atomic E-state index is 13.1. The minimum absolute atomic E-state index is 0.134. The molecular formula is C17H24FNO3. The second kappa shape index (κ2) is 9.92. The predicted molar refractivity (Wildman–Crippen MR) is 83.3 cm³/mol. The van der Waals surface area contributed by atoms with Gasteiger partial charge in [0.25, 0.3) is 5.91 Å². The molecule has 0 aromatic heterocycles. The van der Waals surface area contributed by atoms with Gasteiger partial charge in [0.1, 0.15) is 11.9 Å². The van der Waals surface area contributed by atoms with Crippen LogP contribution < -0.4 is 5.32 Å². The highest BCUT2D eigenvalue weighted by Crippen LogP contribution is 2.10. The molecule has 4 nitrogen and oxygen atoms in total. The number of aliphatic carboxylic acids is 1. The van der Waals surface area contributed by atoms with Crippen molar-refractivity contribution in [3.8, 4) is 0 Å². The van der Waals surface area contributed by atoms with E-state index in [1.165, 1.54) is 31.0 Å². The molecule has 0 spiro atoms. The first-order valence-electron chi connectivity index (χ1n) is 7.83. The Morgan fingerprint density at radius 2 is 1.86 bits per heavy atom. The van der Waals surface area contributed by atoms with Gasteiger partial charge in [-0.2, -0.15) is 0 Å². The van der Waals surface area contributed by atoms with Crippen LogP contribution in [0.15, 0.2) is 24.3 Å². The molecule has 1 atom stereocenters. The summed E-state index contributed by atoms with van der Waals surface area (Å²) in [7, 11) is 0. The first-order chi connectivity index (χ1) is 10.5. The van der Waals surface area contributed by atoms with Gasteiger partial charge in [-0.05, 0) is 24.6 Å². The second-order valence-electron chi connectivity index (χ2n) is 5.43. The summed E-state index contributed by atoms with van der Waals surface area (Å²) >= 11 is 0. The van der Waals surface area contributed by atoms with Crippen LogP contribution in [0.4, 0.5) is 4.39 Å². The quantitative estimate of drug-likeness (QED) is 0.647. The molecule has 22 heavy (non-hydrogen) atoms. The third-order valence-corrected chi connectivity index (χ3v) is 3.54. The van der Waals surface area contributed by atoms with Crippen LogP contribution >= 0.6 is 0 Å². The first-order valence-corrected chi connectivity index (χ1v) is 7.83. The Labute approximate surface area is 130 Å². The zero-order valence-electron chi connectivity index (χ0n) is 13.0. The maximum atomic E-state index is 13.1. The van der Waals surface area contributed by atoms with E-state index in [0.717, 1.165) is 31.7 Å². The molecule has 1 rings (SSSR count). The Kier molecular flexibility index (Phi) is 8.18. The van der Waals surface area contributed by atoms with Crippen molar-refractivity contribution >= 4 is 11.9 Å². The third-order valence-electron chi connectivity index (χ3n) is 3.54. The number of halogens is 1. The number of unbranched alkanes of at least 4 members (excludes halogenated alkanes) is 5. The molecule has 122 valence electrons. The second-order valence-corrected chi connectivity index (χ2v) is 5.43. The summed E-state index contributed by atoms with van der Waals surface area (Å²) in [5.74, 6) is -2.13. The molecule has 1 amide bonds. The molecule has 2 N–H and O–H groups in total. The lowest BCUT2D eigenvalue weighted by atomic mass is 10.1. The lowest BCUT2D eigenvalue weighted by Crippen LogP contribution is -2.40. The normalized spacial score (nSPS) is 11.9. The number of benzene rings is 1. The monoisotopic (exact) mass is 309 g/mol. The van der Waals surface area contributed by atoms with E-state index in [1.807, 2.05) is 0 Å². The van der Waals surface area contributed by atoms with Crippen LogP contribution in [0.25, 0.3) is 0 Å². The summed E-state index contributed by atoms with van der Waals surface area (Å²) in [5, 5.41) is 11.6. The third kappa shape index (κ3) is 6.70. The minimum Gasteiger partial charge on any atom is -0.480 e. The van der Waals surface area contributed by atoms with Gasteiger partial charge in [0, 0.05) is 5.56 Å². The molecule has 0 heterocycles. The van der Waals surface area contributed by atoms with Crippen molar-refractivity contribution in [1.82, 2.24) is 5.32 Å². The first kappa shape index (κ1) is 18.1. The fraction of sp³-hybridized carbons (Fsp3) is 0.529. The van der Waals surface area contributed by atoms with Crippen molar-refractivity contribution in [2.45, 2.75) is 57.9 Å². The molecule has 0 unspecified atom stereocenters. The zero-order chi connectivity index (χ0) is 16.4. The Morgan fingerprint density at radius 1 is 1.18 bits per heavy atom. The van der Waals surface area contributed by atoms with Crippen molar-refractivity contribution < 1.29 is 19.1 Å². The van der Waals surface area contributed by atoms with Gasteiger partial charge in [-0.15, -0.1) is 0 Å². The zero-order valence-corrected chi connectivity index (χ0v) is 13.0. The van der Waals surface area contributed by atoms with Crippen LogP contribution in [0.1, 0.15) is 62.2 Å². The number of hydrogen-bond donors (Lipinski definition) is 2. The van der Waals surface area contributed by atoms with Crippen molar-refractivity contribution in [3.05, 3.63) is 35.6 Å². The fourth-order valence-corrected chi connectivity index (χ4v) is 2.26. The summed E-state index contributed by atoms with van der Waals surface area (Å²) in [6.45, 7) is 2.14. The molecule has 0 aliphatic carbocycles. The molecule has 0 aliphatic heterocycles. The Bertz CT molecular complexity index is 491. The molecule has 0 saturated heterocycles. The van der Waals surface area contributed by atoms with Gasteiger partial charge in [0.2, 0.25) is 0 Å². The van der Waals surface area contributed by atoms with Gasteiger partial charge in [-0.25, -0.2) is 9.18 Å². The van der Waals surface area contributed by atoms with E-state index in [9.17, 15) is 19.1 Å². The van der Waals surface area contributed by atoms with E-state index in [-0.39, 0.29) is 5.56 Å². The van der Waals surface area contributed by atoms with Gasteiger partial charge in [0.15, 0.2) is 0 Å². The summed E-state index contributed by atoms with van der Waals surface area (Å²) in [6, 6.07) is 4.29. The molecule has 5 heteroatoms. The molecule has 0 saturated carbocycles. The van der Waals surface area contributed by atoms with E-state index in [1.54, 1.807) is 0 Å². The Morgan fingerprint density at radius 3 is 2.50 bits per heavy atom. The average Bonchev–Trinajstić information content (AvgIpc) is 2.49. The lowest BCUT2D eigenvalue weighted by Gasteiger charge is -2.14. The highest BCUT2D eigenvalue weighted by molar-refractivity contribution is 5.96. The van der Waals surface area contributed by atoms with Crippen molar-refractivity contribution in [2.75, 3.05) is 0 Å². The number of carboxylic acids is 1. The largest absolute Gasteiger partial charge is 0.480 e. The van der Waals surface area contributed by atoms with E-state index >= 15 is 0 Å². The van der Waals surface area contributed by atoms with E-state index in [0.29, 0.717) is 6.42 Å². The van der Waals surface area contributed by atoms with Gasteiger partial charge in [0.05, 0.1) is 0 Å². The molecule has 0 aliphatic rings. The van der Waals surface area contributed by atoms with Crippen LogP contribution in [0.5, 0.6) is 0 Å². The topological polar surface area (TPSA) is 66.4 Å². The molecular weight excluding hydrogens is 285 g/mol. The van der Waals surface area contributed by atoms with Gasteiger partial charge in [-0.3, -0.25) is 4.79 Å². The van der Waals surface area contributed by atoms with Gasteiger partial charge >= 0.3 is 5.97 Å². The van der Waals surface area contributed by atoms with E-state index in [2.05, 4.69) is 12.2 Å². The number of carbonyl (C=O) groups is 2. The number of hydrogen-bond acceptors (Lipinski definition) is 2. The Balaban J connectivity index is 2.43. The number of nitrogens with one attached hydrogen (secondary N) is 1. The van der Waals surface area contributed by atoms with E-state index in [4.69, 9.17) is 0 Å². The van der Waals surface area contributed by atoms with Crippen molar-refractivity contribution in [2.24, 2.45) is 0 Å². The maximum Gasteiger partial charge on any atom is 0.326 e. The number of rotatable bonds is 10. The van der Waals surface area contributed by atoms with Crippen molar-refractivity contribution in [1.29, 1.82) is 0 Å². The smallest absolute Gasteiger partial charge is 0.326 e. The number of carbonyl (C=O) groups excluding carboxylic acids is 1. The average molecular weight is 309 g/mol. The van der Waals surface area contributed by atoms with Crippen LogP contribution in [0.3, 0.4) is 0 Å². The molecule has 1 aromatic carbocycles. The molecule has 0 bridgehead atoms. The van der Waals surface area contributed by atoms with Crippen molar-refractivity contribution in [3.63, 3.8) is 0 Å². The highest BCUT2D eigenvalue weighted by Gasteiger charge is 2.20. The Hall–Kier alpha value is -1.91. The fourth-order valence-electron chi connectivity index (χ4n) is 2.26. The number of amides is 1. The van der Waals surface area contributed by atoms with Crippen LogP contribution in [-0.4, -0.2) is 23.0 Å². The van der Waals surface area contributed by atoms with Crippen LogP contribution in [-0.2, 0) is 4.79 Å². The standard InChI is InChI=1S/C17H24FNO3/c1-2-3-4-5-6-7-11-15(17(21)22)19-16(20)13-9-8-10-14(18)12-13/h8-10,12,15H,2-7,11H2,1H3,(H,19,20)(H,21,22)/t15-/m0/s1. The van der Waals surface area contributed by atoms with Crippen LogP contribution in [0, 0.1) is 5.82 Å². The highest BCUT2D eigenvalue weighted by atomic mass is 19.1. The molecule has 1 aromatic rings. The summed E-state index contributed by atoms with van der Waals surface area (Å²) < 4.78 is 13.1. The van der Waals surface area contributed by atoms with Gasteiger partial charge in [-0.1, -0.05) is 51.5 Å². The van der Waals surface area contributed by atoms with Gasteiger partial charge < -0.3 is 10.4 Å². The van der Waals surface area contributed by atoms with E-state index < -0.39 is 23.7 Å². The summed E-state index contributed by atoms with van der Waals surface area (Å²) in [6.07, 6.45) is 6.70. The SMILES string of the molecule is CCCCCCCC[C@H](NC(=O)c1cccc(F)c1)C(=O)O. The van der Waals surface area contributed by atoms with Crippen LogP contribution in [0.2, 0.25) is 0 Å². The minimum atomic E-state index is -1.06. The summed E-state index contributed by atoms with van der Waals surface area (Å²) in [5.41, 5.74) is 0.134. The molecule has 0 fully saturated rings. The number of carboxylic acid groups (broad SMARTS) is 1. The lowest BCUT2D eigenvalue weighted by molar-refractivity contribution is -0.139. The predicted octanol–water partition coefficient (Wildman–Crippen LogP) is 3.76. The summed E-state index contributed by atoms with van der Waals surface area (Å²) in [4.78, 5) is 23.2.